The molecule has 3 fully saturated rings. The van der Waals surface area contributed by atoms with Crippen molar-refractivity contribution in [2.24, 2.45) is 23.5 Å². The van der Waals surface area contributed by atoms with E-state index in [2.05, 4.69) is 22.1 Å². The maximum atomic E-state index is 6.33. The van der Waals surface area contributed by atoms with Crippen molar-refractivity contribution in [1.29, 1.82) is 0 Å². The van der Waals surface area contributed by atoms with Crippen molar-refractivity contribution in [3.05, 3.63) is 42.1 Å². The summed E-state index contributed by atoms with van der Waals surface area (Å²) in [6, 6.07) is 12.7. The van der Waals surface area contributed by atoms with E-state index < -0.39 is 0 Å². The lowest BCUT2D eigenvalue weighted by Crippen LogP contribution is -2.35. The van der Waals surface area contributed by atoms with E-state index in [1.807, 2.05) is 24.3 Å². The number of benzene rings is 1. The fraction of sp³-hybridized carbons (Fsp3) is 0.565. The Labute approximate surface area is 172 Å². The standard InChI is InChI=1S/C23H31N5O/c24-18-3-1-2-16(10-18)21-4-5-22(27-26-21)23-20-12-19(25)11-17(20)14-28(23)13-15-6-8-29-9-7-15/h1-5,10,15,17,19-20,23H,6-9,11-14,24-25H2. The molecular weight excluding hydrogens is 362 g/mol. The van der Waals surface area contributed by atoms with Crippen LogP contribution in [-0.4, -0.2) is 47.4 Å². The molecule has 3 heterocycles. The van der Waals surface area contributed by atoms with Gasteiger partial charge in [0.05, 0.1) is 17.4 Å². The Kier molecular flexibility index (Phi) is 5.24. The molecule has 1 aliphatic carbocycles. The third-order valence-electron chi connectivity index (χ3n) is 7.06. The van der Waals surface area contributed by atoms with Gasteiger partial charge in [0.25, 0.3) is 0 Å². The highest BCUT2D eigenvalue weighted by molar-refractivity contribution is 5.63. The number of nitrogen functional groups attached to an aromatic ring is 1. The first-order valence-electron chi connectivity index (χ1n) is 10.9. The lowest BCUT2D eigenvalue weighted by Gasteiger charge is -2.32. The van der Waals surface area contributed by atoms with E-state index >= 15 is 0 Å². The zero-order chi connectivity index (χ0) is 19.8. The maximum absolute atomic E-state index is 6.33. The summed E-state index contributed by atoms with van der Waals surface area (Å²) in [4.78, 5) is 2.67. The van der Waals surface area contributed by atoms with Crippen LogP contribution in [-0.2, 0) is 4.74 Å². The lowest BCUT2D eigenvalue weighted by atomic mass is 9.91. The summed E-state index contributed by atoms with van der Waals surface area (Å²) in [5.74, 6) is 2.00. The Morgan fingerprint density at radius 2 is 1.93 bits per heavy atom. The van der Waals surface area contributed by atoms with Gasteiger partial charge >= 0.3 is 0 Å². The molecule has 0 radical (unpaired) electrons. The second-order valence-corrected chi connectivity index (χ2v) is 9.08. The predicted molar refractivity (Wildman–Crippen MR) is 114 cm³/mol. The number of rotatable bonds is 4. The van der Waals surface area contributed by atoms with Crippen LogP contribution in [0.4, 0.5) is 5.69 Å². The Balaban J connectivity index is 1.39. The molecule has 3 aliphatic rings. The van der Waals surface area contributed by atoms with E-state index in [4.69, 9.17) is 21.3 Å². The molecule has 6 nitrogen and oxygen atoms in total. The molecule has 2 aliphatic heterocycles. The van der Waals surface area contributed by atoms with Gasteiger partial charge in [-0.25, -0.2) is 0 Å². The Morgan fingerprint density at radius 3 is 2.69 bits per heavy atom. The quantitative estimate of drug-likeness (QED) is 0.777. The SMILES string of the molecule is Nc1cccc(-c2ccc(C3C4CC(N)CC4CN3CC3CCOCC3)nn2)c1. The molecule has 1 saturated carbocycles. The highest BCUT2D eigenvalue weighted by atomic mass is 16.5. The molecule has 2 aromatic rings. The number of nitrogens with zero attached hydrogens (tertiary/aromatic N) is 3. The van der Waals surface area contributed by atoms with Crippen molar-refractivity contribution < 1.29 is 4.74 Å². The highest BCUT2D eigenvalue weighted by Gasteiger charge is 2.48. The smallest absolute Gasteiger partial charge is 0.0930 e. The first-order chi connectivity index (χ1) is 14.2. The van der Waals surface area contributed by atoms with Gasteiger partial charge in [0.15, 0.2) is 0 Å². The zero-order valence-corrected chi connectivity index (χ0v) is 16.9. The summed E-state index contributed by atoms with van der Waals surface area (Å²) >= 11 is 0. The average Bonchev–Trinajstić information content (AvgIpc) is 3.24. The lowest BCUT2D eigenvalue weighted by molar-refractivity contribution is 0.0480. The zero-order valence-electron chi connectivity index (χ0n) is 16.9. The molecule has 6 heteroatoms. The minimum Gasteiger partial charge on any atom is -0.399 e. The van der Waals surface area contributed by atoms with Crippen LogP contribution in [0.3, 0.4) is 0 Å². The van der Waals surface area contributed by atoms with Gasteiger partial charge in [0.2, 0.25) is 0 Å². The molecule has 5 rings (SSSR count). The van der Waals surface area contributed by atoms with Gasteiger partial charge < -0.3 is 16.2 Å². The molecule has 4 N–H and O–H groups in total. The fourth-order valence-corrected chi connectivity index (χ4v) is 5.69. The van der Waals surface area contributed by atoms with Crippen molar-refractivity contribution in [1.82, 2.24) is 15.1 Å². The summed E-state index contributed by atoms with van der Waals surface area (Å²) in [5, 5.41) is 9.26. The first-order valence-corrected chi connectivity index (χ1v) is 10.9. The summed E-state index contributed by atoms with van der Waals surface area (Å²) < 4.78 is 5.56. The van der Waals surface area contributed by atoms with Crippen molar-refractivity contribution >= 4 is 5.69 Å². The van der Waals surface area contributed by atoms with E-state index in [1.54, 1.807) is 0 Å². The van der Waals surface area contributed by atoms with E-state index in [9.17, 15) is 0 Å². The van der Waals surface area contributed by atoms with E-state index in [1.165, 1.54) is 0 Å². The summed E-state index contributed by atoms with van der Waals surface area (Å²) in [5.41, 5.74) is 16.0. The number of aromatic nitrogens is 2. The first kappa shape index (κ1) is 19.0. The number of fused-ring (bicyclic) bond motifs is 1. The Hall–Kier alpha value is -2.02. The van der Waals surface area contributed by atoms with Crippen LogP contribution in [0, 0.1) is 17.8 Å². The average molecular weight is 394 g/mol. The van der Waals surface area contributed by atoms with E-state index in [0.717, 1.165) is 80.5 Å². The maximum Gasteiger partial charge on any atom is 0.0930 e. The van der Waals surface area contributed by atoms with Gasteiger partial charge in [-0.1, -0.05) is 12.1 Å². The molecule has 4 unspecified atom stereocenters. The molecule has 154 valence electrons. The summed E-state index contributed by atoms with van der Waals surface area (Å²) in [6.45, 7) is 4.07. The molecule has 0 spiro atoms. The molecule has 0 bridgehead atoms. The van der Waals surface area contributed by atoms with Crippen molar-refractivity contribution in [2.75, 3.05) is 32.0 Å². The van der Waals surface area contributed by atoms with Gasteiger partial charge in [-0.15, -0.1) is 0 Å². The van der Waals surface area contributed by atoms with Crippen LogP contribution < -0.4 is 11.5 Å². The van der Waals surface area contributed by atoms with Gasteiger partial charge in [-0.05, 0) is 67.7 Å². The molecular formula is C23H31N5O. The largest absolute Gasteiger partial charge is 0.399 e. The number of hydrogen-bond donors (Lipinski definition) is 2. The molecule has 4 atom stereocenters. The number of anilines is 1. The normalized spacial score (nSPS) is 30.5. The van der Waals surface area contributed by atoms with Gasteiger partial charge in [0.1, 0.15) is 0 Å². The van der Waals surface area contributed by atoms with Crippen LogP contribution in [0.1, 0.15) is 37.4 Å². The van der Waals surface area contributed by atoms with Gasteiger partial charge in [0, 0.05) is 43.6 Å². The molecule has 0 amide bonds. The van der Waals surface area contributed by atoms with E-state index in [-0.39, 0.29) is 0 Å². The molecule has 2 saturated heterocycles. The van der Waals surface area contributed by atoms with Crippen LogP contribution in [0.5, 0.6) is 0 Å². The van der Waals surface area contributed by atoms with Gasteiger partial charge in [-0.3, -0.25) is 4.90 Å². The number of nitrogens with two attached hydrogens (primary N) is 2. The minimum atomic E-state index is 0.331. The monoisotopic (exact) mass is 393 g/mol. The van der Waals surface area contributed by atoms with Crippen LogP contribution in [0.15, 0.2) is 36.4 Å². The van der Waals surface area contributed by atoms with Gasteiger partial charge in [-0.2, -0.15) is 10.2 Å². The molecule has 1 aromatic heterocycles. The summed E-state index contributed by atoms with van der Waals surface area (Å²) in [6.07, 6.45) is 4.56. The van der Waals surface area contributed by atoms with Crippen molar-refractivity contribution in [3.63, 3.8) is 0 Å². The van der Waals surface area contributed by atoms with E-state index in [0.29, 0.717) is 23.9 Å². The van der Waals surface area contributed by atoms with Crippen molar-refractivity contribution in [2.45, 2.75) is 37.8 Å². The Bertz CT molecular complexity index is 835. The third-order valence-corrected chi connectivity index (χ3v) is 7.06. The van der Waals surface area contributed by atoms with Crippen LogP contribution in [0.25, 0.3) is 11.3 Å². The molecule has 1 aromatic carbocycles. The second kappa shape index (κ2) is 8.01. The third kappa shape index (κ3) is 3.89. The topological polar surface area (TPSA) is 90.3 Å². The van der Waals surface area contributed by atoms with Crippen LogP contribution in [0.2, 0.25) is 0 Å². The fourth-order valence-electron chi connectivity index (χ4n) is 5.69. The molecule has 29 heavy (non-hydrogen) atoms. The minimum absolute atomic E-state index is 0.331. The Morgan fingerprint density at radius 1 is 1.07 bits per heavy atom. The highest BCUT2D eigenvalue weighted by Crippen LogP contribution is 2.49. The number of ether oxygens (including phenoxy) is 1. The number of likely N-dealkylation sites (tertiary alicyclic amines) is 1. The second-order valence-electron chi connectivity index (χ2n) is 9.08. The number of hydrogen-bond acceptors (Lipinski definition) is 6. The van der Waals surface area contributed by atoms with Crippen LogP contribution >= 0.6 is 0 Å². The predicted octanol–water partition coefficient (Wildman–Crippen LogP) is 2.86. The van der Waals surface area contributed by atoms with Crippen molar-refractivity contribution in [3.8, 4) is 11.3 Å². The summed E-state index contributed by atoms with van der Waals surface area (Å²) in [7, 11) is 0.